The summed E-state index contributed by atoms with van der Waals surface area (Å²) in [7, 11) is 3.23. The zero-order valence-electron chi connectivity index (χ0n) is 24.6. The van der Waals surface area contributed by atoms with E-state index < -0.39 is 58.0 Å². The van der Waals surface area contributed by atoms with Crippen LogP contribution >= 0.6 is 0 Å². The van der Waals surface area contributed by atoms with Gasteiger partial charge in [0.1, 0.15) is 22.8 Å². The third-order valence-corrected chi connectivity index (χ3v) is 9.95. The second-order valence-corrected chi connectivity index (χ2v) is 12.9. The van der Waals surface area contributed by atoms with Crippen LogP contribution in [0.5, 0.6) is 5.75 Å². The van der Waals surface area contributed by atoms with Crippen LogP contribution in [-0.2, 0) is 22.6 Å². The number of allylic oxidation sites excluding steroid dienone is 1. The average Bonchev–Trinajstić information content (AvgIpc) is 3.19. The van der Waals surface area contributed by atoms with Crippen LogP contribution in [0.4, 0.5) is 0 Å². The lowest BCUT2D eigenvalue weighted by Crippen LogP contribution is -2.63. The van der Waals surface area contributed by atoms with Crippen molar-refractivity contribution >= 4 is 17.5 Å². The summed E-state index contributed by atoms with van der Waals surface area (Å²) in [4.78, 5) is 43.8. The Kier molecular flexibility index (Phi) is 7.11. The monoisotopic (exact) mass is 567 g/mol. The molecule has 1 aromatic carbocycles. The van der Waals surface area contributed by atoms with Crippen molar-refractivity contribution in [1.29, 1.82) is 0 Å². The number of Topliss-reactive ketones (excluding diaryl/α,β-unsaturated/α-hetero) is 2. The molecule has 0 aromatic heterocycles. The van der Waals surface area contributed by atoms with Crippen molar-refractivity contribution in [3.8, 4) is 5.75 Å². The van der Waals surface area contributed by atoms with E-state index in [2.05, 4.69) is 18.7 Å². The lowest BCUT2D eigenvalue weighted by Gasteiger charge is -2.50. The molecule has 0 saturated carbocycles. The number of carbonyl (C=O) groups excluding carboxylic acids is 3. The minimum atomic E-state index is -2.64. The number of primary amides is 1. The number of phenolic OH excluding ortho intramolecular Hbond substituents is 1. The highest BCUT2D eigenvalue weighted by Gasteiger charge is 2.63. The average molecular weight is 568 g/mol. The number of likely N-dealkylation sites (tertiary alicyclic amines) is 1. The number of aliphatic hydroxyl groups excluding tert-OH is 2. The third-order valence-electron chi connectivity index (χ3n) is 9.95. The molecule has 6 N–H and O–H groups in total. The number of aromatic hydroxyl groups is 1. The molecule has 1 aromatic rings. The van der Waals surface area contributed by atoms with Crippen molar-refractivity contribution in [3.05, 3.63) is 51.0 Å². The van der Waals surface area contributed by atoms with Gasteiger partial charge in [0.25, 0.3) is 5.91 Å². The zero-order valence-corrected chi connectivity index (χ0v) is 24.6. The van der Waals surface area contributed by atoms with Gasteiger partial charge in [0.05, 0.1) is 11.6 Å². The standard InChI is InChI=1S/C31H41N3O7/c1-13(2)18-10-17(12-34-14(3)7-8-15(34)4)25(35)22-19(18)9-16-11-20-24(33(5)6)27(37)23(30(32)40)29(39)31(20,41)28(38)21(16)26(22)36/h10,13-16,20,24,35,37-38,41H,7-9,11-12H2,1-6H3,(H2,32,40)/t14?,15?,16-,20-,24?,31-/m0/s1. The summed E-state index contributed by atoms with van der Waals surface area (Å²) in [6.07, 6.45) is 2.47. The van der Waals surface area contributed by atoms with Gasteiger partial charge in [-0.2, -0.15) is 0 Å². The molecule has 10 nitrogen and oxygen atoms in total. The Bertz CT molecular complexity index is 1400. The van der Waals surface area contributed by atoms with Gasteiger partial charge in [-0.15, -0.1) is 0 Å². The molecule has 222 valence electrons. The fourth-order valence-electron chi connectivity index (χ4n) is 7.80. The first-order chi connectivity index (χ1) is 19.1. The molecule has 6 atom stereocenters. The Balaban J connectivity index is 1.69. The van der Waals surface area contributed by atoms with Crippen LogP contribution in [0.1, 0.15) is 79.9 Å². The van der Waals surface area contributed by atoms with Crippen LogP contribution in [0.15, 0.2) is 28.7 Å². The Hall–Kier alpha value is -3.21. The van der Waals surface area contributed by atoms with Crippen LogP contribution in [0.2, 0.25) is 0 Å². The molecule has 3 aliphatic carbocycles. The molecule has 1 saturated heterocycles. The normalized spacial score (nSPS) is 32.1. The van der Waals surface area contributed by atoms with Gasteiger partial charge in [-0.3, -0.25) is 24.2 Å². The summed E-state index contributed by atoms with van der Waals surface area (Å²) in [6, 6.07) is 1.62. The van der Waals surface area contributed by atoms with Crippen molar-refractivity contribution in [2.75, 3.05) is 14.1 Å². The first-order valence-electron chi connectivity index (χ1n) is 14.4. The van der Waals surface area contributed by atoms with Crippen LogP contribution < -0.4 is 5.73 Å². The smallest absolute Gasteiger partial charge is 0.255 e. The number of benzene rings is 1. The van der Waals surface area contributed by atoms with Crippen LogP contribution in [-0.4, -0.2) is 85.5 Å². The molecular weight excluding hydrogens is 526 g/mol. The number of rotatable bonds is 5. The number of carbonyl (C=O) groups is 3. The molecule has 1 amide bonds. The van der Waals surface area contributed by atoms with Crippen LogP contribution in [0, 0.1) is 11.8 Å². The summed E-state index contributed by atoms with van der Waals surface area (Å²) in [5.41, 5.74) is 4.18. The second-order valence-electron chi connectivity index (χ2n) is 12.9. The third kappa shape index (κ3) is 4.13. The first-order valence-corrected chi connectivity index (χ1v) is 14.4. The van der Waals surface area contributed by atoms with E-state index in [0.717, 1.165) is 18.4 Å². The topological polar surface area (TPSA) is 165 Å². The number of ketones is 2. The Morgan fingerprint density at radius 2 is 1.76 bits per heavy atom. The number of nitrogens with two attached hydrogens (primary N) is 1. The summed E-state index contributed by atoms with van der Waals surface area (Å²) in [5, 5.41) is 45.9. The Morgan fingerprint density at radius 3 is 2.29 bits per heavy atom. The largest absolute Gasteiger partial charge is 0.510 e. The van der Waals surface area contributed by atoms with Gasteiger partial charge in [-0.1, -0.05) is 19.9 Å². The Labute approximate surface area is 240 Å². The van der Waals surface area contributed by atoms with Gasteiger partial charge in [-0.25, -0.2) is 0 Å². The molecule has 1 fully saturated rings. The van der Waals surface area contributed by atoms with E-state index >= 15 is 0 Å². The highest BCUT2D eigenvalue weighted by atomic mass is 16.3. The molecule has 41 heavy (non-hydrogen) atoms. The number of hydrogen-bond donors (Lipinski definition) is 5. The van der Waals surface area contributed by atoms with E-state index in [1.807, 2.05) is 19.9 Å². The summed E-state index contributed by atoms with van der Waals surface area (Å²) < 4.78 is 0. The molecule has 0 bridgehead atoms. The molecule has 0 spiro atoms. The summed E-state index contributed by atoms with van der Waals surface area (Å²) >= 11 is 0. The molecular formula is C31H41N3O7. The lowest BCUT2D eigenvalue weighted by molar-refractivity contribution is -0.148. The number of amides is 1. The molecule has 5 rings (SSSR count). The highest BCUT2D eigenvalue weighted by Crippen LogP contribution is 2.53. The molecule has 10 heteroatoms. The highest BCUT2D eigenvalue weighted by molar-refractivity contribution is 6.24. The lowest BCUT2D eigenvalue weighted by atomic mass is 9.58. The molecule has 1 heterocycles. The summed E-state index contributed by atoms with van der Waals surface area (Å²) in [6.45, 7) is 8.81. The predicted molar refractivity (Wildman–Crippen MR) is 151 cm³/mol. The maximum atomic E-state index is 14.2. The first kappa shape index (κ1) is 29.3. The SMILES string of the molecule is CC(C)c1cc(CN2C(C)CCC2C)c(O)c2c1C[C@H]1C[C@H]3C(N(C)C)C(O)=C(C(N)=O)C(=O)[C@@]3(O)C(O)=C1C2=O. The zero-order chi connectivity index (χ0) is 30.3. The van der Waals surface area contributed by atoms with E-state index in [-0.39, 0.29) is 29.2 Å². The molecule has 4 aliphatic rings. The van der Waals surface area contributed by atoms with Gasteiger partial charge in [-0.05, 0) is 76.6 Å². The van der Waals surface area contributed by atoms with E-state index in [1.165, 1.54) is 0 Å². The van der Waals surface area contributed by atoms with Gasteiger partial charge >= 0.3 is 0 Å². The quantitative estimate of drug-likeness (QED) is 0.336. The minimum Gasteiger partial charge on any atom is -0.510 e. The van der Waals surface area contributed by atoms with Gasteiger partial charge < -0.3 is 26.2 Å². The van der Waals surface area contributed by atoms with Crippen molar-refractivity contribution in [2.24, 2.45) is 17.6 Å². The van der Waals surface area contributed by atoms with Gasteiger partial charge in [0.2, 0.25) is 5.78 Å². The van der Waals surface area contributed by atoms with Crippen LogP contribution in [0.25, 0.3) is 0 Å². The molecule has 0 radical (unpaired) electrons. The minimum absolute atomic E-state index is 0.0415. The predicted octanol–water partition coefficient (Wildman–Crippen LogP) is 2.62. The molecule has 1 aliphatic heterocycles. The van der Waals surface area contributed by atoms with Crippen molar-refractivity contribution < 1.29 is 34.8 Å². The molecule has 3 unspecified atom stereocenters. The maximum absolute atomic E-state index is 14.2. The van der Waals surface area contributed by atoms with Crippen molar-refractivity contribution in [2.45, 2.75) is 89.6 Å². The number of phenols is 1. The van der Waals surface area contributed by atoms with E-state index in [0.29, 0.717) is 36.2 Å². The van der Waals surface area contributed by atoms with Gasteiger partial charge in [0, 0.05) is 35.7 Å². The van der Waals surface area contributed by atoms with E-state index in [1.54, 1.807) is 19.0 Å². The Morgan fingerprint density at radius 1 is 1.15 bits per heavy atom. The number of fused-ring (bicyclic) bond motifs is 3. The van der Waals surface area contributed by atoms with E-state index in [9.17, 15) is 34.8 Å². The number of likely N-dealkylation sites (N-methyl/N-ethyl adjacent to an activating group) is 1. The fourth-order valence-corrected chi connectivity index (χ4v) is 7.80. The second kappa shape index (κ2) is 9.96. The number of aliphatic hydroxyl groups is 3. The maximum Gasteiger partial charge on any atom is 0.255 e. The number of hydrogen-bond acceptors (Lipinski definition) is 9. The van der Waals surface area contributed by atoms with Crippen molar-refractivity contribution in [1.82, 2.24) is 9.80 Å². The summed E-state index contributed by atoms with van der Waals surface area (Å²) in [5.74, 6) is -6.25. The van der Waals surface area contributed by atoms with E-state index in [4.69, 9.17) is 5.73 Å². The fraction of sp³-hybridized carbons (Fsp3) is 0.581. The van der Waals surface area contributed by atoms with Gasteiger partial charge in [0.15, 0.2) is 11.4 Å². The van der Waals surface area contributed by atoms with Crippen LogP contribution in [0.3, 0.4) is 0 Å². The van der Waals surface area contributed by atoms with Crippen molar-refractivity contribution in [3.63, 3.8) is 0 Å². The number of nitrogens with zero attached hydrogens (tertiary/aromatic N) is 2.